The minimum Gasteiger partial charge on any atom is -0.379 e. The summed E-state index contributed by atoms with van der Waals surface area (Å²) in [6.07, 6.45) is -0.338. The van der Waals surface area contributed by atoms with Crippen molar-refractivity contribution in [2.45, 2.75) is 33.0 Å². The van der Waals surface area contributed by atoms with Crippen molar-refractivity contribution in [1.29, 1.82) is 5.26 Å². The van der Waals surface area contributed by atoms with Gasteiger partial charge in [0.05, 0.1) is 18.8 Å². The predicted octanol–water partition coefficient (Wildman–Crippen LogP) is 1.34. The standard InChI is InChI=1S/C8H15NO2/c1-4-10-6-8(3)11-7(2)5-9/h7-8H,4,6H2,1-3H3. The first-order valence-corrected chi connectivity index (χ1v) is 3.83. The van der Waals surface area contributed by atoms with E-state index in [0.717, 1.165) is 0 Å². The van der Waals surface area contributed by atoms with Gasteiger partial charge in [0, 0.05) is 6.61 Å². The van der Waals surface area contributed by atoms with E-state index in [9.17, 15) is 0 Å². The Morgan fingerprint density at radius 1 is 1.45 bits per heavy atom. The number of rotatable bonds is 5. The van der Waals surface area contributed by atoms with Crippen LogP contribution in [0.15, 0.2) is 0 Å². The largest absolute Gasteiger partial charge is 0.379 e. The van der Waals surface area contributed by atoms with E-state index in [2.05, 4.69) is 0 Å². The maximum atomic E-state index is 8.39. The lowest BCUT2D eigenvalue weighted by Gasteiger charge is -2.13. The Bertz CT molecular complexity index is 131. The molecule has 0 aliphatic carbocycles. The first-order chi connectivity index (χ1) is 5.20. The van der Waals surface area contributed by atoms with Crippen LogP contribution in [0.4, 0.5) is 0 Å². The van der Waals surface area contributed by atoms with Gasteiger partial charge in [0.15, 0.2) is 0 Å². The van der Waals surface area contributed by atoms with Gasteiger partial charge in [0.1, 0.15) is 6.10 Å². The molecule has 0 aliphatic rings. The molecule has 3 heteroatoms. The van der Waals surface area contributed by atoms with E-state index in [0.29, 0.717) is 13.2 Å². The van der Waals surface area contributed by atoms with Crippen molar-refractivity contribution in [2.75, 3.05) is 13.2 Å². The zero-order valence-electron chi connectivity index (χ0n) is 7.33. The van der Waals surface area contributed by atoms with E-state index in [-0.39, 0.29) is 12.2 Å². The number of ether oxygens (including phenoxy) is 2. The summed E-state index contributed by atoms with van der Waals surface area (Å²) in [7, 11) is 0. The fourth-order valence-electron chi connectivity index (χ4n) is 0.702. The molecule has 0 rings (SSSR count). The van der Waals surface area contributed by atoms with Crippen LogP contribution in [-0.4, -0.2) is 25.4 Å². The highest BCUT2D eigenvalue weighted by Gasteiger charge is 2.06. The summed E-state index contributed by atoms with van der Waals surface area (Å²) in [6.45, 7) is 6.80. The molecule has 0 aliphatic heterocycles. The second kappa shape index (κ2) is 6.14. The SMILES string of the molecule is CCOCC(C)OC(C)C#N. The lowest BCUT2D eigenvalue weighted by atomic mass is 10.4. The molecule has 0 aromatic carbocycles. The van der Waals surface area contributed by atoms with Crippen LogP contribution in [0.3, 0.4) is 0 Å². The lowest BCUT2D eigenvalue weighted by Crippen LogP contribution is -2.20. The van der Waals surface area contributed by atoms with Crippen LogP contribution in [-0.2, 0) is 9.47 Å². The summed E-state index contributed by atoms with van der Waals surface area (Å²) in [4.78, 5) is 0. The first kappa shape index (κ1) is 10.4. The van der Waals surface area contributed by atoms with Crippen molar-refractivity contribution in [3.63, 3.8) is 0 Å². The van der Waals surface area contributed by atoms with Crippen LogP contribution >= 0.6 is 0 Å². The lowest BCUT2D eigenvalue weighted by molar-refractivity contribution is -0.0201. The van der Waals surface area contributed by atoms with E-state index in [1.807, 2.05) is 19.9 Å². The van der Waals surface area contributed by atoms with Gasteiger partial charge in [-0.1, -0.05) is 0 Å². The van der Waals surface area contributed by atoms with Crippen LogP contribution in [0.2, 0.25) is 0 Å². The maximum Gasteiger partial charge on any atom is 0.141 e. The second-order valence-electron chi connectivity index (χ2n) is 2.38. The van der Waals surface area contributed by atoms with Crippen LogP contribution in [0, 0.1) is 11.3 Å². The Kier molecular flexibility index (Phi) is 5.81. The minimum absolute atomic E-state index is 0.00426. The molecule has 0 radical (unpaired) electrons. The third-order valence-corrected chi connectivity index (χ3v) is 1.17. The van der Waals surface area contributed by atoms with Gasteiger partial charge in [0.2, 0.25) is 0 Å². The highest BCUT2D eigenvalue weighted by atomic mass is 16.5. The van der Waals surface area contributed by atoms with Crippen molar-refractivity contribution < 1.29 is 9.47 Å². The smallest absolute Gasteiger partial charge is 0.141 e. The van der Waals surface area contributed by atoms with Gasteiger partial charge in [-0.25, -0.2) is 0 Å². The summed E-state index contributed by atoms with van der Waals surface area (Å²) in [5.74, 6) is 0. The first-order valence-electron chi connectivity index (χ1n) is 3.83. The van der Waals surface area contributed by atoms with Gasteiger partial charge in [-0.3, -0.25) is 0 Å². The third-order valence-electron chi connectivity index (χ3n) is 1.17. The molecule has 2 atom stereocenters. The molecule has 0 heterocycles. The molecule has 0 amide bonds. The van der Waals surface area contributed by atoms with Crippen molar-refractivity contribution in [3.05, 3.63) is 0 Å². The van der Waals surface area contributed by atoms with E-state index >= 15 is 0 Å². The van der Waals surface area contributed by atoms with Gasteiger partial charge in [0.25, 0.3) is 0 Å². The van der Waals surface area contributed by atoms with Crippen LogP contribution in [0.5, 0.6) is 0 Å². The summed E-state index contributed by atoms with van der Waals surface area (Å²) in [6, 6.07) is 1.99. The summed E-state index contributed by atoms with van der Waals surface area (Å²) >= 11 is 0. The average molecular weight is 157 g/mol. The van der Waals surface area contributed by atoms with E-state index in [1.165, 1.54) is 0 Å². The molecule has 3 nitrogen and oxygen atoms in total. The molecule has 0 spiro atoms. The predicted molar refractivity (Wildman–Crippen MR) is 42.1 cm³/mol. The number of nitrogens with zero attached hydrogens (tertiary/aromatic N) is 1. The van der Waals surface area contributed by atoms with Crippen molar-refractivity contribution >= 4 is 0 Å². The summed E-state index contributed by atoms with van der Waals surface area (Å²) in [5.41, 5.74) is 0. The van der Waals surface area contributed by atoms with Gasteiger partial charge in [-0.05, 0) is 20.8 Å². The van der Waals surface area contributed by atoms with Gasteiger partial charge in [-0.2, -0.15) is 5.26 Å². The second-order valence-corrected chi connectivity index (χ2v) is 2.38. The minimum atomic E-state index is -0.342. The monoisotopic (exact) mass is 157 g/mol. The van der Waals surface area contributed by atoms with Crippen LogP contribution < -0.4 is 0 Å². The quantitative estimate of drug-likeness (QED) is 0.604. The Morgan fingerprint density at radius 3 is 2.55 bits per heavy atom. The summed E-state index contributed by atoms with van der Waals surface area (Å²) in [5, 5.41) is 8.39. The van der Waals surface area contributed by atoms with Crippen LogP contribution in [0.1, 0.15) is 20.8 Å². The molecule has 0 saturated carbocycles. The van der Waals surface area contributed by atoms with Crippen molar-refractivity contribution in [2.24, 2.45) is 0 Å². The Balaban J connectivity index is 3.37. The zero-order chi connectivity index (χ0) is 8.69. The molecule has 2 unspecified atom stereocenters. The normalized spacial score (nSPS) is 15.5. The molecule has 11 heavy (non-hydrogen) atoms. The highest BCUT2D eigenvalue weighted by Crippen LogP contribution is 1.97. The fraction of sp³-hybridized carbons (Fsp3) is 0.875. The molecule has 0 saturated heterocycles. The maximum absolute atomic E-state index is 8.39. The molecule has 0 aromatic rings. The van der Waals surface area contributed by atoms with Gasteiger partial charge >= 0.3 is 0 Å². The van der Waals surface area contributed by atoms with Crippen molar-refractivity contribution in [3.8, 4) is 6.07 Å². The molecular formula is C8H15NO2. The zero-order valence-corrected chi connectivity index (χ0v) is 7.33. The third kappa shape index (κ3) is 5.84. The molecule has 0 N–H and O–H groups in total. The van der Waals surface area contributed by atoms with Crippen LogP contribution in [0.25, 0.3) is 0 Å². The van der Waals surface area contributed by atoms with E-state index < -0.39 is 0 Å². The molecular weight excluding hydrogens is 142 g/mol. The topological polar surface area (TPSA) is 42.2 Å². The number of hydrogen-bond acceptors (Lipinski definition) is 3. The van der Waals surface area contributed by atoms with Gasteiger partial charge in [-0.15, -0.1) is 0 Å². The van der Waals surface area contributed by atoms with Crippen molar-refractivity contribution in [1.82, 2.24) is 0 Å². The van der Waals surface area contributed by atoms with Gasteiger partial charge < -0.3 is 9.47 Å². The Morgan fingerprint density at radius 2 is 2.09 bits per heavy atom. The Hall–Kier alpha value is -0.590. The fourth-order valence-corrected chi connectivity index (χ4v) is 0.702. The molecule has 0 aromatic heterocycles. The molecule has 64 valence electrons. The van der Waals surface area contributed by atoms with E-state index in [4.69, 9.17) is 14.7 Å². The van der Waals surface area contributed by atoms with E-state index in [1.54, 1.807) is 6.92 Å². The highest BCUT2D eigenvalue weighted by molar-refractivity contribution is 4.79. The Labute approximate surface area is 67.9 Å². The summed E-state index contributed by atoms with van der Waals surface area (Å²) < 4.78 is 10.3. The molecule has 0 bridgehead atoms. The molecule has 0 fully saturated rings. The number of nitriles is 1. The average Bonchev–Trinajstić information content (AvgIpc) is 2.00. The number of hydrogen-bond donors (Lipinski definition) is 0.